The van der Waals surface area contributed by atoms with E-state index in [0.717, 1.165) is 25.9 Å². The number of likely N-dealkylation sites (tertiary alicyclic amines) is 1. The summed E-state index contributed by atoms with van der Waals surface area (Å²) >= 11 is 0. The van der Waals surface area contributed by atoms with E-state index in [-0.39, 0.29) is 35.8 Å². The molecule has 0 aliphatic carbocycles. The van der Waals surface area contributed by atoms with Gasteiger partial charge in [0.1, 0.15) is 0 Å². The van der Waals surface area contributed by atoms with Gasteiger partial charge in [0.25, 0.3) is 5.91 Å². The van der Waals surface area contributed by atoms with E-state index >= 15 is 0 Å². The van der Waals surface area contributed by atoms with Crippen LogP contribution in [0.3, 0.4) is 0 Å². The van der Waals surface area contributed by atoms with Gasteiger partial charge in [-0.3, -0.25) is 19.7 Å². The summed E-state index contributed by atoms with van der Waals surface area (Å²) in [4.78, 5) is 42.5. The minimum atomic E-state index is -0.532. The Morgan fingerprint density at radius 2 is 1.74 bits per heavy atom. The van der Waals surface area contributed by atoms with Gasteiger partial charge in [-0.1, -0.05) is 24.3 Å². The molecule has 2 fully saturated rings. The summed E-state index contributed by atoms with van der Waals surface area (Å²) in [5.41, 5.74) is 3.59. The van der Waals surface area contributed by atoms with Crippen molar-refractivity contribution in [3.8, 4) is 5.75 Å². The minimum Gasteiger partial charge on any atom is -0.477 e. The number of nitrogens with zero attached hydrogens (tertiary/aromatic N) is 4. The molecule has 2 amide bonds. The summed E-state index contributed by atoms with van der Waals surface area (Å²) in [6.45, 7) is 7.77. The summed E-state index contributed by atoms with van der Waals surface area (Å²) in [7, 11) is 0. The summed E-state index contributed by atoms with van der Waals surface area (Å²) in [6.07, 6.45) is 1.50. The molecule has 9 nitrogen and oxygen atoms in total. The second-order valence-corrected chi connectivity index (χ2v) is 9.22. The highest BCUT2D eigenvalue weighted by molar-refractivity contribution is 5.82. The number of piperidine rings is 1. The fourth-order valence-electron chi connectivity index (χ4n) is 4.87. The molecule has 2 aliphatic heterocycles. The average molecular weight is 481 g/mol. The number of aryl methyl sites for hydroxylation is 1. The van der Waals surface area contributed by atoms with E-state index in [0.29, 0.717) is 26.2 Å². The van der Waals surface area contributed by atoms with Crippen molar-refractivity contribution in [1.29, 1.82) is 0 Å². The maximum Gasteiger partial charge on any atom is 0.310 e. The third kappa shape index (κ3) is 5.55. The second-order valence-electron chi connectivity index (χ2n) is 9.22. The average Bonchev–Trinajstić information content (AvgIpc) is 2.88. The van der Waals surface area contributed by atoms with E-state index in [1.54, 1.807) is 17.0 Å². The molecule has 0 bridgehead atoms. The van der Waals surface area contributed by atoms with Crippen molar-refractivity contribution in [1.82, 2.24) is 9.80 Å². The molecule has 2 aromatic carbocycles. The Hall–Kier alpha value is -3.62. The number of nitro benzene ring substituents is 1. The first-order chi connectivity index (χ1) is 16.8. The van der Waals surface area contributed by atoms with Crippen molar-refractivity contribution < 1.29 is 19.2 Å². The van der Waals surface area contributed by atoms with Gasteiger partial charge in [0.2, 0.25) is 5.91 Å². The number of carbonyl (C=O) groups excluding carboxylic acids is 2. The standard InChI is InChI=1S/C26H32N4O5/c1-19-7-5-10-22(20(19)2)27-13-15-28(16-14-27)26(32)21-8-6-12-29(17-21)25(31)18-35-24-11-4-3-9-23(24)30(33)34/h3-5,7,9-11,21H,6,8,12-18H2,1-2H3. The molecule has 2 aromatic rings. The quantitative estimate of drug-likeness (QED) is 0.465. The van der Waals surface area contributed by atoms with Crippen LogP contribution in [0.1, 0.15) is 24.0 Å². The van der Waals surface area contributed by atoms with Crippen LogP contribution in [0.4, 0.5) is 11.4 Å². The number of para-hydroxylation sites is 2. The number of benzene rings is 2. The van der Waals surface area contributed by atoms with Crippen molar-refractivity contribution >= 4 is 23.2 Å². The smallest absolute Gasteiger partial charge is 0.310 e. The maximum absolute atomic E-state index is 13.2. The van der Waals surface area contributed by atoms with Crippen LogP contribution in [0.15, 0.2) is 42.5 Å². The Labute approximate surface area is 205 Å². The van der Waals surface area contributed by atoms with Crippen molar-refractivity contribution in [2.24, 2.45) is 5.92 Å². The lowest BCUT2D eigenvalue weighted by molar-refractivity contribution is -0.385. The number of ether oxygens (including phenoxy) is 1. The first-order valence-electron chi connectivity index (χ1n) is 12.1. The Morgan fingerprint density at radius 3 is 2.49 bits per heavy atom. The van der Waals surface area contributed by atoms with Crippen LogP contribution >= 0.6 is 0 Å². The van der Waals surface area contributed by atoms with Gasteiger partial charge in [-0.15, -0.1) is 0 Å². The van der Waals surface area contributed by atoms with E-state index in [9.17, 15) is 19.7 Å². The van der Waals surface area contributed by atoms with Gasteiger partial charge in [0, 0.05) is 51.0 Å². The van der Waals surface area contributed by atoms with Crippen LogP contribution < -0.4 is 9.64 Å². The maximum atomic E-state index is 13.2. The van der Waals surface area contributed by atoms with Crippen LogP contribution in [0.25, 0.3) is 0 Å². The molecule has 2 aliphatic rings. The number of nitro groups is 1. The zero-order valence-electron chi connectivity index (χ0n) is 20.3. The number of carbonyl (C=O) groups is 2. The van der Waals surface area contributed by atoms with Crippen LogP contribution in [-0.2, 0) is 9.59 Å². The summed E-state index contributed by atoms with van der Waals surface area (Å²) < 4.78 is 5.46. The highest BCUT2D eigenvalue weighted by Crippen LogP contribution is 2.27. The molecule has 0 aromatic heterocycles. The minimum absolute atomic E-state index is 0.0669. The van der Waals surface area contributed by atoms with Crippen molar-refractivity contribution in [3.05, 3.63) is 63.7 Å². The molecule has 35 heavy (non-hydrogen) atoms. The lowest BCUT2D eigenvalue weighted by Gasteiger charge is -2.40. The third-order valence-electron chi connectivity index (χ3n) is 7.04. The molecule has 0 radical (unpaired) electrons. The van der Waals surface area contributed by atoms with Gasteiger partial charge >= 0.3 is 5.69 Å². The molecule has 0 saturated carbocycles. The lowest BCUT2D eigenvalue weighted by Crippen LogP contribution is -2.53. The zero-order chi connectivity index (χ0) is 24.9. The molecule has 4 rings (SSSR count). The number of anilines is 1. The number of piperazine rings is 1. The van der Waals surface area contributed by atoms with Gasteiger partial charge in [0.05, 0.1) is 10.8 Å². The van der Waals surface area contributed by atoms with E-state index in [1.165, 1.54) is 28.9 Å². The molecule has 0 N–H and O–H groups in total. The monoisotopic (exact) mass is 480 g/mol. The van der Waals surface area contributed by atoms with Crippen molar-refractivity contribution in [3.63, 3.8) is 0 Å². The fourth-order valence-corrected chi connectivity index (χ4v) is 4.87. The molecule has 0 spiro atoms. The Bertz CT molecular complexity index is 1100. The normalized spacial score (nSPS) is 18.3. The van der Waals surface area contributed by atoms with Crippen LogP contribution in [0.2, 0.25) is 0 Å². The molecule has 1 unspecified atom stereocenters. The topological polar surface area (TPSA) is 96.2 Å². The summed E-state index contributed by atoms with van der Waals surface area (Å²) in [5, 5.41) is 11.2. The van der Waals surface area contributed by atoms with E-state index < -0.39 is 4.92 Å². The molecule has 9 heteroatoms. The largest absolute Gasteiger partial charge is 0.477 e. The van der Waals surface area contributed by atoms with Crippen LogP contribution in [0.5, 0.6) is 5.75 Å². The number of hydrogen-bond donors (Lipinski definition) is 0. The summed E-state index contributed by atoms with van der Waals surface area (Å²) in [5.74, 6) is -0.327. The first kappa shape index (κ1) is 24.5. The van der Waals surface area contributed by atoms with Gasteiger partial charge < -0.3 is 19.4 Å². The predicted octanol–water partition coefficient (Wildman–Crippen LogP) is 3.18. The van der Waals surface area contributed by atoms with E-state index in [2.05, 4.69) is 36.9 Å². The number of amides is 2. The molecular weight excluding hydrogens is 448 g/mol. The molecule has 1 atom stereocenters. The predicted molar refractivity (Wildman–Crippen MR) is 133 cm³/mol. The van der Waals surface area contributed by atoms with Gasteiger partial charge in [0.15, 0.2) is 12.4 Å². The fraction of sp³-hybridized carbons (Fsp3) is 0.462. The Balaban J connectivity index is 1.30. The Morgan fingerprint density at radius 1 is 1.00 bits per heavy atom. The van der Waals surface area contributed by atoms with E-state index in [4.69, 9.17) is 4.74 Å². The van der Waals surface area contributed by atoms with Gasteiger partial charge in [-0.05, 0) is 49.9 Å². The first-order valence-corrected chi connectivity index (χ1v) is 12.1. The zero-order valence-corrected chi connectivity index (χ0v) is 20.3. The SMILES string of the molecule is Cc1cccc(N2CCN(C(=O)C3CCCN(C(=O)COc4ccccc4[N+](=O)[O-])C3)CC2)c1C. The lowest BCUT2D eigenvalue weighted by atomic mass is 9.96. The highest BCUT2D eigenvalue weighted by atomic mass is 16.6. The van der Waals surface area contributed by atoms with Gasteiger partial charge in [-0.2, -0.15) is 0 Å². The number of rotatable bonds is 6. The second kappa shape index (κ2) is 10.8. The summed E-state index contributed by atoms with van der Waals surface area (Å²) in [6, 6.07) is 12.3. The van der Waals surface area contributed by atoms with E-state index in [1.807, 2.05) is 4.90 Å². The van der Waals surface area contributed by atoms with Crippen LogP contribution in [-0.4, -0.2) is 72.4 Å². The van der Waals surface area contributed by atoms with Crippen molar-refractivity contribution in [2.75, 3.05) is 50.8 Å². The van der Waals surface area contributed by atoms with Crippen molar-refractivity contribution in [2.45, 2.75) is 26.7 Å². The Kier molecular flexibility index (Phi) is 7.53. The van der Waals surface area contributed by atoms with Crippen LogP contribution in [0, 0.1) is 29.9 Å². The molecular formula is C26H32N4O5. The third-order valence-corrected chi connectivity index (χ3v) is 7.04. The molecule has 2 heterocycles. The molecule has 186 valence electrons. The van der Waals surface area contributed by atoms with Gasteiger partial charge in [-0.25, -0.2) is 0 Å². The number of hydrogen-bond acceptors (Lipinski definition) is 6. The highest BCUT2D eigenvalue weighted by Gasteiger charge is 2.33. The molecule has 2 saturated heterocycles.